The maximum absolute atomic E-state index is 13.3. The van der Waals surface area contributed by atoms with Gasteiger partial charge in [0.2, 0.25) is 0 Å². The monoisotopic (exact) mass is 969 g/mol. The smallest absolute Gasteiger partial charge is 0.394 e. The third-order valence-electron chi connectivity index (χ3n) is 14.1. The van der Waals surface area contributed by atoms with Gasteiger partial charge in [0, 0.05) is 61.9 Å². The maximum Gasteiger partial charge on any atom is 0.394 e. The Morgan fingerprint density at radius 3 is 1.68 bits per heavy atom. The van der Waals surface area contributed by atoms with Crippen molar-refractivity contribution in [1.82, 2.24) is 49.5 Å². The highest BCUT2D eigenvalue weighted by Crippen LogP contribution is 2.36. The van der Waals surface area contributed by atoms with Crippen molar-refractivity contribution in [2.24, 2.45) is 11.8 Å². The molecule has 4 atom stereocenters. The van der Waals surface area contributed by atoms with Crippen molar-refractivity contribution in [1.29, 1.82) is 0 Å². The molecule has 19 heteroatoms. The zero-order valence-electron chi connectivity index (χ0n) is 41.6. The summed E-state index contributed by atoms with van der Waals surface area (Å²) in [6.07, 6.45) is 12.9. The van der Waals surface area contributed by atoms with Gasteiger partial charge in [0.25, 0.3) is 0 Å². The molecule has 0 unspecified atom stereocenters. The SMILES string of the molecule is CCc1cc(NC(=O)C(=O)N2C[C@@H](C)CC[C@@H]2c2ccc3nn(C4CN(C)C4)cc3c2)cnc1N.CCc1cc(NC(=O)C(=O)O)cnc1N.C[C@H]1CC[C@H](c2ccc3nn(C4CN(C)C4)cc3c2)NC1. The number of carbonyl (C=O) groups is 4. The van der Waals surface area contributed by atoms with Crippen molar-refractivity contribution >= 4 is 68.5 Å². The topological polar surface area (TPSA) is 248 Å². The first-order valence-electron chi connectivity index (χ1n) is 24.8. The number of hydrogen-bond donors (Lipinski definition) is 6. The number of carboxylic acids is 1. The molecule has 4 saturated heterocycles. The normalized spacial score (nSPS) is 20.7. The zero-order valence-corrected chi connectivity index (χ0v) is 41.6. The van der Waals surface area contributed by atoms with Crippen LogP contribution in [0, 0.1) is 11.8 Å². The molecule has 0 radical (unpaired) electrons. The van der Waals surface area contributed by atoms with Gasteiger partial charge in [-0.25, -0.2) is 14.8 Å². The van der Waals surface area contributed by atoms with E-state index in [-0.39, 0.29) is 6.04 Å². The standard InChI is InChI=1S/C26H33N7O2.C17H24N4.C9H11N3O3/c1-4-17-10-20(11-28-24(17)27)29-25(34)26(35)32-12-16(2)5-8-23(32)18-6-7-22-19(9-18)13-33(30-22)21-14-31(3)15-21;1-12-3-5-16(18-8-12)13-4-6-17-14(7-13)9-21(19-17)15-10-20(2)11-15;1-2-5-3-6(4-11-7(5)10)12-8(13)9(14)15/h6-7,9-11,13,16,21,23H,4-5,8,12,14-15H2,1-3H3,(H2,27,28)(H,29,34);4,6-7,9,12,15-16,18H,3,5,8,10-11H2,1-2H3;3-4H,2H2,1H3,(H2,10,11)(H,12,13)(H,14,15)/t16-,23+;12-,16+;/m00./s1. The first kappa shape index (κ1) is 50.4. The molecule has 71 heavy (non-hydrogen) atoms. The van der Waals surface area contributed by atoms with Gasteiger partial charge < -0.3 is 47.2 Å². The molecule has 0 bridgehead atoms. The van der Waals surface area contributed by atoms with Crippen LogP contribution in [0.25, 0.3) is 21.8 Å². The maximum atomic E-state index is 13.3. The van der Waals surface area contributed by atoms with E-state index in [1.165, 1.54) is 36.2 Å². The number of aromatic nitrogens is 6. The molecule has 4 aliphatic heterocycles. The Bertz CT molecular complexity index is 2880. The minimum absolute atomic E-state index is 0.150. The number of amides is 3. The van der Waals surface area contributed by atoms with Gasteiger partial charge in [0.1, 0.15) is 11.6 Å². The van der Waals surface area contributed by atoms with E-state index in [2.05, 4.69) is 110 Å². The summed E-state index contributed by atoms with van der Waals surface area (Å²) in [6, 6.07) is 17.7. The van der Waals surface area contributed by atoms with Crippen molar-refractivity contribution in [3.63, 3.8) is 0 Å². The first-order valence-corrected chi connectivity index (χ1v) is 24.8. The number of likely N-dealkylation sites (tertiary alicyclic amines) is 3. The second-order valence-electron chi connectivity index (χ2n) is 19.9. The third kappa shape index (κ3) is 12.0. The Hall–Kier alpha value is -6.96. The van der Waals surface area contributed by atoms with Crippen molar-refractivity contribution < 1.29 is 24.3 Å². The molecule has 3 amide bonds. The Balaban J connectivity index is 0.000000159. The largest absolute Gasteiger partial charge is 0.474 e. The molecule has 6 aromatic rings. The number of anilines is 4. The van der Waals surface area contributed by atoms with Gasteiger partial charge in [-0.2, -0.15) is 10.2 Å². The van der Waals surface area contributed by atoms with Gasteiger partial charge in [-0.15, -0.1) is 0 Å². The molecule has 0 spiro atoms. The summed E-state index contributed by atoms with van der Waals surface area (Å²) < 4.78 is 4.21. The van der Waals surface area contributed by atoms with E-state index >= 15 is 0 Å². The van der Waals surface area contributed by atoms with Crippen LogP contribution in [0.2, 0.25) is 0 Å². The highest BCUT2D eigenvalue weighted by molar-refractivity contribution is 6.39. The summed E-state index contributed by atoms with van der Waals surface area (Å²) in [5, 5.41) is 28.8. The van der Waals surface area contributed by atoms with Crippen molar-refractivity contribution in [3.05, 3.63) is 95.6 Å². The number of pyridine rings is 2. The summed E-state index contributed by atoms with van der Waals surface area (Å²) in [5.41, 5.74) is 18.4. The average molecular weight is 969 g/mol. The van der Waals surface area contributed by atoms with Crippen LogP contribution in [0.5, 0.6) is 0 Å². The quantitative estimate of drug-likeness (QED) is 0.0983. The highest BCUT2D eigenvalue weighted by Gasteiger charge is 2.35. The molecule has 4 fully saturated rings. The van der Waals surface area contributed by atoms with E-state index in [1.54, 1.807) is 17.0 Å². The first-order chi connectivity index (χ1) is 34.0. The van der Waals surface area contributed by atoms with Crippen LogP contribution in [-0.2, 0) is 32.0 Å². The lowest BCUT2D eigenvalue weighted by Crippen LogP contribution is -2.46. The number of aliphatic carboxylic acids is 1. The molecule has 4 aliphatic rings. The minimum atomic E-state index is -1.54. The van der Waals surface area contributed by atoms with Gasteiger partial charge >= 0.3 is 23.7 Å². The lowest BCUT2D eigenvalue weighted by Gasteiger charge is -2.38. The van der Waals surface area contributed by atoms with Crippen LogP contribution >= 0.6 is 0 Å². The lowest BCUT2D eigenvalue weighted by molar-refractivity contribution is -0.147. The van der Waals surface area contributed by atoms with E-state index in [9.17, 15) is 19.2 Å². The molecule has 0 aliphatic carbocycles. The van der Waals surface area contributed by atoms with Gasteiger partial charge in [0.15, 0.2) is 0 Å². The summed E-state index contributed by atoms with van der Waals surface area (Å²) in [4.78, 5) is 61.7. The van der Waals surface area contributed by atoms with Crippen LogP contribution in [0.15, 0.2) is 73.3 Å². The van der Waals surface area contributed by atoms with Gasteiger partial charge in [-0.05, 0) is 130 Å². The number of carboxylic acid groups (broad SMARTS) is 1. The number of nitrogens with one attached hydrogen (secondary N) is 3. The molecule has 4 aromatic heterocycles. The predicted octanol–water partition coefficient (Wildman–Crippen LogP) is 5.83. The number of likely N-dealkylation sites (N-methyl/N-ethyl adjacent to an activating group) is 2. The minimum Gasteiger partial charge on any atom is -0.474 e. The summed E-state index contributed by atoms with van der Waals surface area (Å²) in [6.45, 7) is 14.2. The van der Waals surface area contributed by atoms with Gasteiger partial charge in [-0.1, -0.05) is 39.8 Å². The number of nitrogens with zero attached hydrogens (tertiary/aromatic N) is 9. The van der Waals surface area contributed by atoms with Crippen LogP contribution in [0.3, 0.4) is 0 Å². The molecule has 19 nitrogen and oxygen atoms in total. The third-order valence-corrected chi connectivity index (χ3v) is 14.1. The lowest BCUT2D eigenvalue weighted by atomic mass is 9.89. The van der Waals surface area contributed by atoms with Crippen LogP contribution in [0.4, 0.5) is 23.0 Å². The Labute approximate surface area is 414 Å². The summed E-state index contributed by atoms with van der Waals surface area (Å²) in [7, 11) is 4.27. The number of benzene rings is 2. The van der Waals surface area contributed by atoms with Crippen molar-refractivity contribution in [2.45, 2.75) is 90.4 Å². The van der Waals surface area contributed by atoms with E-state index in [0.29, 0.717) is 66.4 Å². The molecular weight excluding hydrogens is 901 g/mol. The molecule has 8 heterocycles. The number of hydrogen-bond acceptors (Lipinski definition) is 13. The summed E-state index contributed by atoms with van der Waals surface area (Å²) in [5.74, 6) is -1.85. The fraction of sp³-hybridized carbons (Fsp3) is 0.462. The molecular formula is C52H68N14O5. The highest BCUT2D eigenvalue weighted by atomic mass is 16.4. The van der Waals surface area contributed by atoms with Gasteiger partial charge in [-0.3, -0.25) is 23.7 Å². The second-order valence-corrected chi connectivity index (χ2v) is 19.9. The number of rotatable bonds is 8. The molecule has 0 saturated carbocycles. The van der Waals surface area contributed by atoms with Crippen LogP contribution in [0.1, 0.15) is 99.8 Å². The molecule has 376 valence electrons. The molecule has 10 rings (SSSR count). The fourth-order valence-electron chi connectivity index (χ4n) is 9.84. The van der Waals surface area contributed by atoms with E-state index < -0.39 is 23.7 Å². The van der Waals surface area contributed by atoms with Crippen molar-refractivity contribution in [3.8, 4) is 0 Å². The summed E-state index contributed by atoms with van der Waals surface area (Å²) >= 11 is 0. The van der Waals surface area contributed by atoms with E-state index in [4.69, 9.17) is 26.8 Å². The fourth-order valence-corrected chi connectivity index (χ4v) is 9.84. The number of fused-ring (bicyclic) bond motifs is 2. The number of piperidine rings is 2. The Morgan fingerprint density at radius 2 is 1.18 bits per heavy atom. The van der Waals surface area contributed by atoms with E-state index in [1.807, 2.05) is 26.0 Å². The Morgan fingerprint density at radius 1 is 0.676 bits per heavy atom. The predicted molar refractivity (Wildman–Crippen MR) is 275 cm³/mol. The number of nitrogen functional groups attached to an aromatic ring is 2. The second kappa shape index (κ2) is 22.0. The van der Waals surface area contributed by atoms with Crippen LogP contribution in [-0.4, -0.2) is 126 Å². The van der Waals surface area contributed by atoms with Crippen LogP contribution < -0.4 is 27.4 Å². The number of carbonyl (C=O) groups excluding carboxylic acids is 3. The number of aryl methyl sites for hydroxylation is 2. The van der Waals surface area contributed by atoms with Gasteiger partial charge in [0.05, 0.1) is 52.9 Å². The molecule has 2 aromatic carbocycles. The van der Waals surface area contributed by atoms with Crippen molar-refractivity contribution in [2.75, 3.05) is 75.5 Å². The van der Waals surface area contributed by atoms with E-state index in [0.717, 1.165) is 84.6 Å². The molecule has 8 N–H and O–H groups in total. The number of nitrogens with two attached hydrogens (primary N) is 2. The zero-order chi connectivity index (χ0) is 50.5. The Kier molecular flexibility index (Phi) is 15.6. The average Bonchev–Trinajstić information content (AvgIpc) is 3.97.